The van der Waals surface area contributed by atoms with Crippen molar-refractivity contribution in [1.82, 2.24) is 0 Å². The fraction of sp³-hybridized carbons (Fsp3) is 0.0909. The fourth-order valence-corrected chi connectivity index (χ4v) is 7.27. The van der Waals surface area contributed by atoms with Crippen molar-refractivity contribution in [2.75, 3.05) is 4.90 Å². The number of anilines is 3. The maximum atomic E-state index is 9.72. The largest absolute Gasteiger partial charge is 0.486 e. The molecule has 0 atom stereocenters. The first-order valence-electron chi connectivity index (χ1n) is 16.2. The molecule has 4 nitrogen and oxygen atoms in total. The van der Waals surface area contributed by atoms with Gasteiger partial charge in [0.25, 0.3) is 5.70 Å². The maximum Gasteiger partial charge on any atom is 0.265 e. The van der Waals surface area contributed by atoms with Crippen molar-refractivity contribution in [3.05, 3.63) is 191 Å². The Morgan fingerprint density at radius 1 is 0.688 bits per heavy atom. The normalized spacial score (nSPS) is 15.8. The highest BCUT2D eigenvalue weighted by atomic mass is 16.5. The van der Waals surface area contributed by atoms with Crippen molar-refractivity contribution < 1.29 is 4.74 Å². The number of hydrogen-bond donors (Lipinski definition) is 0. The Morgan fingerprint density at radius 3 is 1.83 bits per heavy atom. The predicted octanol–water partition coefficient (Wildman–Crippen LogP) is 11.0. The minimum atomic E-state index is -0.499. The van der Waals surface area contributed by atoms with Crippen LogP contribution in [0.1, 0.15) is 23.1 Å². The zero-order chi connectivity index (χ0) is 32.5. The number of nitrogens with zero attached hydrogens (tertiary/aromatic N) is 3. The molecule has 6 aromatic carbocycles. The molecule has 0 amide bonds. The molecule has 1 spiro atoms. The van der Waals surface area contributed by atoms with Gasteiger partial charge in [-0.15, -0.1) is 0 Å². The Kier molecular flexibility index (Phi) is 7.33. The van der Waals surface area contributed by atoms with Crippen LogP contribution in [0.4, 0.5) is 17.1 Å². The van der Waals surface area contributed by atoms with Gasteiger partial charge in [0, 0.05) is 35.7 Å². The summed E-state index contributed by atoms with van der Waals surface area (Å²) in [5.41, 5.74) is 7.20. The van der Waals surface area contributed by atoms with Gasteiger partial charge in [-0.1, -0.05) is 115 Å². The highest BCUT2D eigenvalue weighted by Crippen LogP contribution is 2.44. The summed E-state index contributed by atoms with van der Waals surface area (Å²) in [7, 11) is 0. The van der Waals surface area contributed by atoms with Gasteiger partial charge in [-0.2, -0.15) is 0 Å². The van der Waals surface area contributed by atoms with Crippen molar-refractivity contribution in [1.29, 1.82) is 5.26 Å². The molecule has 1 heterocycles. The van der Waals surface area contributed by atoms with E-state index in [9.17, 15) is 5.26 Å². The SMILES string of the molecule is [C-]#[N+]C(C#N)=C1C=C(C=Cc2ccc(N(c3cccc4ccccc34)c3cccc4ccccc34)cc2)OC2(C1)Cc1ccccc1C2. The highest BCUT2D eigenvalue weighted by molar-refractivity contribution is 6.04. The first-order valence-corrected chi connectivity index (χ1v) is 16.2. The predicted molar refractivity (Wildman–Crippen MR) is 195 cm³/mol. The number of benzene rings is 6. The summed E-state index contributed by atoms with van der Waals surface area (Å²) in [5.74, 6) is 0.665. The van der Waals surface area contributed by atoms with Gasteiger partial charge in [0.1, 0.15) is 11.4 Å². The molecule has 2 aliphatic rings. The summed E-state index contributed by atoms with van der Waals surface area (Å²) < 4.78 is 6.69. The van der Waals surface area contributed by atoms with Gasteiger partial charge in [0.05, 0.1) is 24.0 Å². The quantitative estimate of drug-likeness (QED) is 0.143. The lowest BCUT2D eigenvalue weighted by molar-refractivity contribution is 0.0108. The lowest BCUT2D eigenvalue weighted by atomic mass is 9.87. The van der Waals surface area contributed by atoms with Crippen LogP contribution in [0.2, 0.25) is 0 Å². The first kappa shape index (κ1) is 29.1. The van der Waals surface area contributed by atoms with E-state index in [-0.39, 0.29) is 5.70 Å². The van der Waals surface area contributed by atoms with Gasteiger partial charge in [0.15, 0.2) is 0 Å². The molecule has 0 unspecified atom stereocenters. The summed E-state index contributed by atoms with van der Waals surface area (Å²) >= 11 is 0. The number of allylic oxidation sites excluding steroid dienone is 3. The average molecular weight is 618 g/mol. The van der Waals surface area contributed by atoms with Crippen LogP contribution in [-0.2, 0) is 17.6 Å². The van der Waals surface area contributed by atoms with Gasteiger partial charge < -0.3 is 9.64 Å². The summed E-state index contributed by atoms with van der Waals surface area (Å²) in [6.07, 6.45) is 7.90. The van der Waals surface area contributed by atoms with Gasteiger partial charge >= 0.3 is 0 Å². The van der Waals surface area contributed by atoms with Crippen LogP contribution in [0, 0.1) is 17.9 Å². The fourth-order valence-electron chi connectivity index (χ4n) is 7.27. The van der Waals surface area contributed by atoms with E-state index in [4.69, 9.17) is 11.3 Å². The molecule has 0 saturated carbocycles. The Bertz CT molecular complexity index is 2250. The van der Waals surface area contributed by atoms with E-state index in [1.807, 2.05) is 18.2 Å². The number of hydrogen-bond acceptors (Lipinski definition) is 3. The van der Waals surface area contributed by atoms with E-state index < -0.39 is 5.60 Å². The summed E-state index contributed by atoms with van der Waals surface area (Å²) in [5, 5.41) is 14.5. The molecule has 6 aromatic rings. The highest BCUT2D eigenvalue weighted by Gasteiger charge is 2.42. The monoisotopic (exact) mass is 617 g/mol. The number of fused-ring (bicyclic) bond motifs is 3. The lowest BCUT2D eigenvalue weighted by Crippen LogP contribution is -2.36. The van der Waals surface area contributed by atoms with E-state index in [1.54, 1.807) is 0 Å². The Hall–Kier alpha value is -6.36. The van der Waals surface area contributed by atoms with E-state index in [2.05, 4.69) is 149 Å². The van der Waals surface area contributed by atoms with E-state index >= 15 is 0 Å². The third-order valence-electron chi connectivity index (χ3n) is 9.44. The number of rotatable bonds is 5. The standard InChI is InChI=1S/C44H31N3O/c1-46-41(30-45)36-26-38(48-44(29-36)27-34-12-2-3-13-35(34)28-44)25-22-31-20-23-37(24-21-31)47(42-18-8-14-32-10-4-6-16-39(32)42)43-19-9-15-33-11-5-7-17-40(33)43/h2-26H,27-29H2. The molecule has 1 aliphatic carbocycles. The second-order valence-electron chi connectivity index (χ2n) is 12.5. The van der Waals surface area contributed by atoms with Crippen LogP contribution in [0.5, 0.6) is 0 Å². The van der Waals surface area contributed by atoms with Crippen molar-refractivity contribution in [3.63, 3.8) is 0 Å². The zero-order valence-electron chi connectivity index (χ0n) is 26.3. The maximum absolute atomic E-state index is 9.72. The molecule has 0 N–H and O–H groups in total. The molecule has 48 heavy (non-hydrogen) atoms. The third kappa shape index (κ3) is 5.30. The molecular weight excluding hydrogens is 587 g/mol. The Labute approximate surface area is 280 Å². The number of ether oxygens (including phenoxy) is 1. The average Bonchev–Trinajstić information content (AvgIpc) is 3.48. The lowest BCUT2D eigenvalue weighted by Gasteiger charge is -2.35. The summed E-state index contributed by atoms with van der Waals surface area (Å²) in [6, 6.07) is 49.0. The molecular formula is C44H31N3O. The van der Waals surface area contributed by atoms with Gasteiger partial charge in [-0.25, -0.2) is 10.1 Å². The van der Waals surface area contributed by atoms with Crippen molar-refractivity contribution in [3.8, 4) is 6.07 Å². The molecule has 0 fully saturated rings. The van der Waals surface area contributed by atoms with Crippen LogP contribution in [0.25, 0.3) is 32.5 Å². The van der Waals surface area contributed by atoms with E-state index in [1.165, 1.54) is 32.7 Å². The van der Waals surface area contributed by atoms with Gasteiger partial charge in [-0.05, 0) is 69.5 Å². The Balaban J connectivity index is 1.16. The summed E-state index contributed by atoms with van der Waals surface area (Å²) in [6.45, 7) is 7.61. The molecule has 228 valence electrons. The molecule has 0 radical (unpaired) electrons. The molecule has 0 saturated heterocycles. The second-order valence-corrected chi connectivity index (χ2v) is 12.5. The smallest absolute Gasteiger partial charge is 0.265 e. The minimum Gasteiger partial charge on any atom is -0.486 e. The van der Waals surface area contributed by atoms with Crippen molar-refractivity contribution in [2.24, 2.45) is 0 Å². The van der Waals surface area contributed by atoms with E-state index in [0.717, 1.165) is 41.0 Å². The van der Waals surface area contributed by atoms with Crippen LogP contribution >= 0.6 is 0 Å². The molecule has 4 heteroatoms. The molecule has 0 aromatic heterocycles. The summed E-state index contributed by atoms with van der Waals surface area (Å²) in [4.78, 5) is 5.88. The molecule has 1 aliphatic heterocycles. The first-order chi connectivity index (χ1) is 23.6. The van der Waals surface area contributed by atoms with Crippen molar-refractivity contribution >= 4 is 44.7 Å². The second kappa shape index (κ2) is 12.1. The van der Waals surface area contributed by atoms with Crippen LogP contribution in [0.15, 0.2) is 163 Å². The van der Waals surface area contributed by atoms with Gasteiger partial charge in [0.2, 0.25) is 0 Å². The van der Waals surface area contributed by atoms with Crippen molar-refractivity contribution in [2.45, 2.75) is 24.9 Å². The molecule has 0 bridgehead atoms. The Morgan fingerprint density at radius 2 is 1.25 bits per heavy atom. The van der Waals surface area contributed by atoms with Crippen LogP contribution < -0.4 is 4.90 Å². The number of nitriles is 1. The van der Waals surface area contributed by atoms with Crippen LogP contribution in [-0.4, -0.2) is 5.60 Å². The van der Waals surface area contributed by atoms with Crippen LogP contribution in [0.3, 0.4) is 0 Å². The third-order valence-corrected chi connectivity index (χ3v) is 9.44. The molecule has 8 rings (SSSR count). The van der Waals surface area contributed by atoms with E-state index in [0.29, 0.717) is 12.2 Å². The van der Waals surface area contributed by atoms with Gasteiger partial charge in [-0.3, -0.25) is 0 Å². The zero-order valence-corrected chi connectivity index (χ0v) is 26.3. The minimum absolute atomic E-state index is 0.130. The topological polar surface area (TPSA) is 40.6 Å².